The van der Waals surface area contributed by atoms with Crippen molar-refractivity contribution in [3.05, 3.63) is 202 Å². The topological polar surface area (TPSA) is 34.1 Å². The molecule has 2 nitrogen and oxygen atoms in total. The van der Waals surface area contributed by atoms with E-state index in [1.165, 1.54) is 24.3 Å². The highest BCUT2D eigenvalue weighted by Gasteiger charge is 2.39. The van der Waals surface area contributed by atoms with Crippen molar-refractivity contribution in [2.75, 3.05) is 0 Å². The second kappa shape index (κ2) is 16.0. The zero-order valence-electron chi connectivity index (χ0n) is 31.2. The van der Waals surface area contributed by atoms with E-state index in [1.54, 1.807) is 48.5 Å². The molecule has 62 heavy (non-hydrogen) atoms. The lowest BCUT2D eigenvalue weighted by Gasteiger charge is -2.26. The standard InChI is InChI=1S/C46H24F12O2P2/c47-29-13-37(55)41(17-33(29)51)61(59,42-18-34(52)30(48)14-38(42)56)21-25-11-9-23-5-1-3-7-27(23)45(25)46-26(12-10-24-6-2-4-8-28(24)46)22-62(60,43-19-35(53)31(49)15-39(43)57)44-20-36(54)32(50)16-40(44)58/h1-20H,21-22H2. The zero-order valence-corrected chi connectivity index (χ0v) is 33.0. The number of rotatable bonds is 9. The van der Waals surface area contributed by atoms with Crippen molar-refractivity contribution < 1.29 is 61.8 Å². The molecule has 0 atom stereocenters. The normalized spacial score (nSPS) is 12.1. The van der Waals surface area contributed by atoms with E-state index in [9.17, 15) is 35.1 Å². The van der Waals surface area contributed by atoms with Crippen molar-refractivity contribution in [3.63, 3.8) is 0 Å². The summed E-state index contributed by atoms with van der Waals surface area (Å²) in [6, 6.07) is 19.4. The minimum Gasteiger partial charge on any atom is -0.313 e. The summed E-state index contributed by atoms with van der Waals surface area (Å²) in [5.41, 5.74) is -0.148. The van der Waals surface area contributed by atoms with Crippen LogP contribution >= 0.6 is 14.3 Å². The number of hydrogen-bond acceptors (Lipinski definition) is 2. The Kier molecular flexibility index (Phi) is 11.0. The van der Waals surface area contributed by atoms with Crippen molar-refractivity contribution in [2.45, 2.75) is 12.3 Å². The van der Waals surface area contributed by atoms with Crippen LogP contribution in [0.25, 0.3) is 32.7 Å². The van der Waals surface area contributed by atoms with E-state index in [2.05, 4.69) is 0 Å². The zero-order chi connectivity index (χ0) is 44.4. The van der Waals surface area contributed by atoms with Gasteiger partial charge >= 0.3 is 0 Å². The highest BCUT2D eigenvalue weighted by molar-refractivity contribution is 7.78. The van der Waals surface area contributed by atoms with E-state index < -0.39 is 118 Å². The molecule has 0 bridgehead atoms. The van der Waals surface area contributed by atoms with Crippen LogP contribution in [-0.2, 0) is 21.5 Å². The van der Waals surface area contributed by atoms with Crippen molar-refractivity contribution in [1.82, 2.24) is 0 Å². The van der Waals surface area contributed by atoms with Crippen molar-refractivity contribution in [3.8, 4) is 11.1 Å². The minimum absolute atomic E-state index is 0.0316. The maximum absolute atomic E-state index is 15.8. The Hall–Kier alpha value is -6.10. The van der Waals surface area contributed by atoms with E-state index in [0.29, 0.717) is 10.8 Å². The van der Waals surface area contributed by atoms with Crippen LogP contribution in [-0.4, -0.2) is 0 Å². The van der Waals surface area contributed by atoms with Crippen LogP contribution in [0.5, 0.6) is 0 Å². The molecule has 0 heterocycles. The first kappa shape index (κ1) is 42.6. The second-order valence-corrected chi connectivity index (χ2v) is 19.8. The van der Waals surface area contributed by atoms with Gasteiger partial charge in [-0.1, -0.05) is 72.8 Å². The highest BCUT2D eigenvalue weighted by Crippen LogP contribution is 2.55. The molecule has 0 aliphatic rings. The Bertz CT molecular complexity index is 2920. The molecule has 0 unspecified atom stereocenters. The first-order chi connectivity index (χ1) is 29.4. The van der Waals surface area contributed by atoms with Gasteiger partial charge in [-0.2, -0.15) is 0 Å². The van der Waals surface area contributed by atoms with E-state index in [1.807, 2.05) is 0 Å². The van der Waals surface area contributed by atoms with Crippen molar-refractivity contribution in [2.24, 2.45) is 0 Å². The predicted octanol–water partition coefficient (Wildman–Crippen LogP) is 12.4. The van der Waals surface area contributed by atoms with Gasteiger partial charge in [0.25, 0.3) is 0 Å². The molecule has 0 aliphatic carbocycles. The quantitative estimate of drug-likeness (QED) is 0.0822. The summed E-state index contributed by atoms with van der Waals surface area (Å²) in [6.45, 7) is 0. The Morgan fingerprint density at radius 3 is 0.855 bits per heavy atom. The minimum atomic E-state index is -5.16. The fraction of sp³-hybridized carbons (Fsp3) is 0.0435. The van der Waals surface area contributed by atoms with Gasteiger partial charge < -0.3 is 9.13 Å². The number of halogens is 12. The summed E-state index contributed by atoms with van der Waals surface area (Å²) in [5, 5.41) is -2.98. The summed E-state index contributed by atoms with van der Waals surface area (Å²) in [5.74, 6) is -20.3. The van der Waals surface area contributed by atoms with Crippen molar-refractivity contribution in [1.29, 1.82) is 0 Å². The monoisotopic (exact) mass is 898 g/mol. The average Bonchev–Trinajstić information content (AvgIpc) is 3.23. The van der Waals surface area contributed by atoms with Gasteiger partial charge in [0.05, 0.1) is 21.2 Å². The summed E-state index contributed by atoms with van der Waals surface area (Å²) < 4.78 is 211. The van der Waals surface area contributed by atoms with Gasteiger partial charge in [-0.3, -0.25) is 0 Å². The lowest BCUT2D eigenvalue weighted by atomic mass is 9.88. The van der Waals surface area contributed by atoms with Crippen LogP contribution < -0.4 is 21.2 Å². The molecule has 0 spiro atoms. The first-order valence-electron chi connectivity index (χ1n) is 18.2. The highest BCUT2D eigenvalue weighted by atomic mass is 31.2. The summed E-state index contributed by atoms with van der Waals surface area (Å²) in [4.78, 5) is 0. The van der Waals surface area contributed by atoms with E-state index in [0.717, 1.165) is 0 Å². The third-order valence-corrected chi connectivity index (χ3v) is 16.6. The smallest absolute Gasteiger partial charge is 0.161 e. The SMILES string of the molecule is O=P(Cc1ccc2ccccc2c1-c1c(CP(=O)(c2cc(F)c(F)cc2F)c2cc(F)c(F)cc2F)ccc2ccccc12)(c1cc(F)c(F)cc1F)c1cc(F)c(F)cc1F. The van der Waals surface area contributed by atoms with Gasteiger partial charge in [0.15, 0.2) is 60.8 Å². The maximum atomic E-state index is 15.8. The molecule has 0 saturated heterocycles. The van der Waals surface area contributed by atoms with Gasteiger partial charge in [-0.05, 0) is 68.1 Å². The Morgan fingerprint density at radius 1 is 0.306 bits per heavy atom. The molecule has 16 heteroatoms. The lowest BCUT2D eigenvalue weighted by molar-refractivity contribution is 0.495. The third kappa shape index (κ3) is 7.28. The first-order valence-corrected chi connectivity index (χ1v) is 22.0. The molecule has 8 aromatic rings. The Morgan fingerprint density at radius 2 is 0.565 bits per heavy atom. The molecule has 8 aromatic carbocycles. The van der Waals surface area contributed by atoms with Crippen LogP contribution in [0.2, 0.25) is 0 Å². The third-order valence-electron chi connectivity index (χ3n) is 10.6. The van der Waals surface area contributed by atoms with Gasteiger partial charge in [0, 0.05) is 36.6 Å². The van der Waals surface area contributed by atoms with Gasteiger partial charge in [-0.25, -0.2) is 52.7 Å². The Balaban J connectivity index is 1.47. The fourth-order valence-corrected chi connectivity index (χ4v) is 13.3. The van der Waals surface area contributed by atoms with Gasteiger partial charge in [-0.15, -0.1) is 0 Å². The summed E-state index contributed by atoms with van der Waals surface area (Å²) in [6.07, 6.45) is -2.04. The second-order valence-electron chi connectivity index (χ2n) is 14.3. The van der Waals surface area contributed by atoms with Gasteiger partial charge in [0.2, 0.25) is 0 Å². The van der Waals surface area contributed by atoms with Crippen molar-refractivity contribution >= 4 is 57.0 Å². The molecule has 0 saturated carbocycles. The number of hydrogen-bond donors (Lipinski definition) is 0. The largest absolute Gasteiger partial charge is 0.313 e. The molecule has 0 aromatic heterocycles. The average molecular weight is 899 g/mol. The fourth-order valence-electron chi connectivity index (χ4n) is 7.72. The summed E-state index contributed by atoms with van der Waals surface area (Å²) in [7, 11) is -10.3. The molecule has 0 radical (unpaired) electrons. The van der Waals surface area contributed by atoms with E-state index in [4.69, 9.17) is 0 Å². The molecular formula is C46H24F12O2P2. The summed E-state index contributed by atoms with van der Waals surface area (Å²) >= 11 is 0. The molecule has 8 rings (SSSR count). The maximum Gasteiger partial charge on any atom is 0.161 e. The molecule has 0 aliphatic heterocycles. The van der Waals surface area contributed by atoms with Crippen LogP contribution in [0.1, 0.15) is 11.1 Å². The molecule has 314 valence electrons. The Labute approximate surface area is 343 Å². The van der Waals surface area contributed by atoms with Crippen LogP contribution in [0.15, 0.2) is 121 Å². The molecular weight excluding hydrogens is 874 g/mol. The molecule has 0 fully saturated rings. The van der Waals surface area contributed by atoms with Crippen LogP contribution in [0.4, 0.5) is 52.7 Å². The predicted molar refractivity (Wildman–Crippen MR) is 213 cm³/mol. The lowest BCUT2D eigenvalue weighted by Crippen LogP contribution is -2.25. The van der Waals surface area contributed by atoms with Crippen LogP contribution in [0, 0.1) is 69.8 Å². The van der Waals surface area contributed by atoms with Crippen LogP contribution in [0.3, 0.4) is 0 Å². The number of fused-ring (bicyclic) bond motifs is 2. The van der Waals surface area contributed by atoms with E-state index in [-0.39, 0.29) is 81.6 Å². The van der Waals surface area contributed by atoms with Gasteiger partial charge in [0.1, 0.15) is 23.3 Å². The number of benzene rings is 8. The molecule has 0 amide bonds. The molecule has 0 N–H and O–H groups in total. The van der Waals surface area contributed by atoms with E-state index >= 15 is 26.7 Å².